The summed E-state index contributed by atoms with van der Waals surface area (Å²) in [5.74, 6) is 0. The van der Waals surface area contributed by atoms with E-state index in [1.54, 1.807) is 0 Å². The van der Waals surface area contributed by atoms with Gasteiger partial charge >= 0.3 is 0 Å². The number of hydrogen-bond donors (Lipinski definition) is 0. The Bertz CT molecular complexity index is 165. The van der Waals surface area contributed by atoms with Crippen LogP contribution < -0.4 is 0 Å². The van der Waals surface area contributed by atoms with Crippen molar-refractivity contribution in [2.24, 2.45) is 0 Å². The average Bonchev–Trinajstić information content (AvgIpc) is 3.01. The predicted octanol–water partition coefficient (Wildman–Crippen LogP) is 0.594. The van der Waals surface area contributed by atoms with E-state index < -0.39 is 0 Å². The molecule has 0 saturated carbocycles. The third-order valence-electron chi connectivity index (χ3n) is 2.61. The molecule has 0 amide bonds. The van der Waals surface area contributed by atoms with Crippen molar-refractivity contribution in [3.8, 4) is 0 Å². The second-order valence-electron chi connectivity index (χ2n) is 3.91. The molecule has 0 N–H and O–H groups in total. The van der Waals surface area contributed by atoms with Crippen molar-refractivity contribution in [1.29, 1.82) is 0 Å². The molecule has 2 saturated heterocycles. The highest BCUT2D eigenvalue weighted by Crippen LogP contribution is 2.21. The van der Waals surface area contributed by atoms with Gasteiger partial charge in [0, 0.05) is 0 Å². The van der Waals surface area contributed by atoms with Gasteiger partial charge in [-0.3, -0.25) is 0 Å². The van der Waals surface area contributed by atoms with E-state index in [1.807, 2.05) is 0 Å². The maximum absolute atomic E-state index is 5.37. The van der Waals surface area contributed by atoms with Crippen molar-refractivity contribution < 1.29 is 18.9 Å². The van der Waals surface area contributed by atoms with Crippen LogP contribution >= 0.6 is 0 Å². The number of ether oxygens (including phenoxy) is 4. The van der Waals surface area contributed by atoms with Gasteiger partial charge in [-0.25, -0.2) is 0 Å². The van der Waals surface area contributed by atoms with Crippen LogP contribution in [0.25, 0.3) is 0 Å². The molecule has 4 nitrogen and oxygen atoms in total. The van der Waals surface area contributed by atoms with Gasteiger partial charge in [0.05, 0.1) is 38.6 Å². The first kappa shape index (κ1) is 10.4. The van der Waals surface area contributed by atoms with Crippen LogP contribution in [-0.2, 0) is 18.9 Å². The molecule has 14 heavy (non-hydrogen) atoms. The van der Waals surface area contributed by atoms with E-state index in [1.165, 1.54) is 0 Å². The Labute approximate surface area is 84.5 Å². The zero-order valence-corrected chi connectivity index (χ0v) is 8.77. The molecule has 0 radical (unpaired) electrons. The molecule has 0 bridgehead atoms. The summed E-state index contributed by atoms with van der Waals surface area (Å²) in [7, 11) is 0. The Morgan fingerprint density at radius 1 is 0.857 bits per heavy atom. The van der Waals surface area contributed by atoms with Crippen LogP contribution in [0, 0.1) is 0 Å². The second kappa shape index (κ2) is 4.57. The summed E-state index contributed by atoms with van der Waals surface area (Å²) in [6.45, 7) is 6.79. The lowest BCUT2D eigenvalue weighted by atomic mass is 10.4. The molecule has 4 atom stereocenters. The van der Waals surface area contributed by atoms with Crippen LogP contribution in [0.3, 0.4) is 0 Å². The van der Waals surface area contributed by atoms with Crippen LogP contribution in [0.4, 0.5) is 0 Å². The van der Waals surface area contributed by atoms with Gasteiger partial charge in [-0.2, -0.15) is 0 Å². The van der Waals surface area contributed by atoms with Crippen molar-refractivity contribution in [3.63, 3.8) is 0 Å². The van der Waals surface area contributed by atoms with Crippen LogP contribution in [0.15, 0.2) is 0 Å². The molecule has 2 rings (SSSR count). The highest BCUT2D eigenvalue weighted by molar-refractivity contribution is 4.80. The molecule has 2 aliphatic heterocycles. The van der Waals surface area contributed by atoms with Gasteiger partial charge in [0.2, 0.25) is 0 Å². The fourth-order valence-corrected chi connectivity index (χ4v) is 1.33. The lowest BCUT2D eigenvalue weighted by molar-refractivity contribution is 0.0366. The Morgan fingerprint density at radius 3 is 1.50 bits per heavy atom. The summed E-state index contributed by atoms with van der Waals surface area (Å²) >= 11 is 0. The summed E-state index contributed by atoms with van der Waals surface area (Å²) in [4.78, 5) is 0. The highest BCUT2D eigenvalue weighted by Gasteiger charge is 2.34. The minimum atomic E-state index is 0.321. The maximum atomic E-state index is 5.37. The summed E-state index contributed by atoms with van der Waals surface area (Å²) in [6, 6.07) is 0. The van der Waals surface area contributed by atoms with E-state index in [2.05, 4.69) is 13.8 Å². The first-order chi connectivity index (χ1) is 6.77. The van der Waals surface area contributed by atoms with E-state index in [9.17, 15) is 0 Å². The zero-order chi connectivity index (χ0) is 9.97. The van der Waals surface area contributed by atoms with Gasteiger partial charge < -0.3 is 18.9 Å². The molecule has 0 aliphatic carbocycles. The smallest absolute Gasteiger partial charge is 0.107 e. The Hall–Kier alpha value is -0.160. The van der Waals surface area contributed by atoms with Crippen molar-refractivity contribution in [2.75, 3.05) is 26.4 Å². The average molecular weight is 202 g/mol. The lowest BCUT2D eigenvalue weighted by Crippen LogP contribution is -2.12. The van der Waals surface area contributed by atoms with Gasteiger partial charge in [0.25, 0.3) is 0 Å². The Morgan fingerprint density at radius 2 is 1.21 bits per heavy atom. The van der Waals surface area contributed by atoms with Gasteiger partial charge in [0.1, 0.15) is 12.2 Å². The maximum Gasteiger partial charge on any atom is 0.107 e. The van der Waals surface area contributed by atoms with Crippen LogP contribution in [0.5, 0.6) is 0 Å². The molecule has 0 spiro atoms. The number of hydrogen-bond acceptors (Lipinski definition) is 4. The van der Waals surface area contributed by atoms with Gasteiger partial charge in [-0.1, -0.05) is 0 Å². The van der Waals surface area contributed by atoms with Gasteiger partial charge in [-0.15, -0.1) is 0 Å². The van der Waals surface area contributed by atoms with Crippen molar-refractivity contribution in [1.82, 2.24) is 0 Å². The second-order valence-corrected chi connectivity index (χ2v) is 3.91. The fourth-order valence-electron chi connectivity index (χ4n) is 1.33. The number of epoxide rings is 2. The van der Waals surface area contributed by atoms with E-state index >= 15 is 0 Å². The predicted molar refractivity (Wildman–Crippen MR) is 50.3 cm³/mol. The minimum Gasteiger partial charge on any atom is -0.376 e. The summed E-state index contributed by atoms with van der Waals surface area (Å²) in [5.41, 5.74) is 0. The highest BCUT2D eigenvalue weighted by atomic mass is 16.6. The topological polar surface area (TPSA) is 43.5 Å². The molecule has 0 aromatic heterocycles. The molecule has 2 aliphatic rings. The molecule has 0 aromatic carbocycles. The van der Waals surface area contributed by atoms with Crippen LogP contribution in [0.2, 0.25) is 0 Å². The standard InChI is InChI=1S/C10H18O4/c1-7-9(13-7)5-11-3-4-12-6-10-8(2)14-10/h7-10H,3-6H2,1-2H3. The SMILES string of the molecule is CC1OC1COCCOCC1OC1C. The van der Waals surface area contributed by atoms with Crippen LogP contribution in [-0.4, -0.2) is 50.8 Å². The van der Waals surface area contributed by atoms with Crippen molar-refractivity contribution in [3.05, 3.63) is 0 Å². The Balaban J connectivity index is 1.33. The summed E-state index contributed by atoms with van der Waals surface area (Å²) in [5, 5.41) is 0. The first-order valence-electron chi connectivity index (χ1n) is 5.24. The van der Waals surface area contributed by atoms with Crippen LogP contribution in [0.1, 0.15) is 13.8 Å². The molecule has 4 heteroatoms. The summed E-state index contributed by atoms with van der Waals surface area (Å²) in [6.07, 6.45) is 1.41. The largest absolute Gasteiger partial charge is 0.376 e. The van der Waals surface area contributed by atoms with Crippen molar-refractivity contribution in [2.45, 2.75) is 38.3 Å². The zero-order valence-electron chi connectivity index (χ0n) is 8.77. The number of rotatable bonds is 7. The summed E-state index contributed by atoms with van der Waals surface area (Å²) < 4.78 is 21.1. The molecular formula is C10H18O4. The monoisotopic (exact) mass is 202 g/mol. The van der Waals surface area contributed by atoms with Gasteiger partial charge in [0.15, 0.2) is 0 Å². The minimum absolute atomic E-state index is 0.321. The normalized spacial score (nSPS) is 39.9. The van der Waals surface area contributed by atoms with Gasteiger partial charge in [-0.05, 0) is 13.8 Å². The first-order valence-corrected chi connectivity index (χ1v) is 5.24. The quantitative estimate of drug-likeness (QED) is 0.448. The third kappa shape index (κ3) is 3.20. The molecule has 82 valence electrons. The molecule has 0 aromatic rings. The van der Waals surface area contributed by atoms with E-state index in [0.29, 0.717) is 50.8 Å². The molecule has 4 unspecified atom stereocenters. The molecule has 2 fully saturated rings. The molecular weight excluding hydrogens is 184 g/mol. The van der Waals surface area contributed by atoms with E-state index in [4.69, 9.17) is 18.9 Å². The third-order valence-corrected chi connectivity index (χ3v) is 2.61. The van der Waals surface area contributed by atoms with E-state index in [-0.39, 0.29) is 0 Å². The van der Waals surface area contributed by atoms with E-state index in [0.717, 1.165) is 0 Å². The lowest BCUT2D eigenvalue weighted by Gasteiger charge is -2.02. The molecule has 2 heterocycles. The Kier molecular flexibility index (Phi) is 3.38. The fraction of sp³-hybridized carbons (Fsp3) is 1.00. The van der Waals surface area contributed by atoms with Crippen molar-refractivity contribution >= 4 is 0 Å².